The summed E-state index contributed by atoms with van der Waals surface area (Å²) >= 11 is 0. The maximum Gasteiger partial charge on any atom is 0.303 e. The molecule has 200 valence electrons. The lowest BCUT2D eigenvalue weighted by atomic mass is 9.99. The Hall–Kier alpha value is -3.57. The summed E-state index contributed by atoms with van der Waals surface area (Å²) < 4.78 is 30.4. The predicted octanol–water partition coefficient (Wildman–Crippen LogP) is 3.40. The monoisotopic (exact) mass is 508 g/mol. The number of esters is 1. The molecule has 0 saturated carbocycles. The average molecular weight is 509 g/mol. The fourth-order valence-electron chi connectivity index (χ4n) is 2.89. The van der Waals surface area contributed by atoms with Crippen LogP contribution in [-0.4, -0.2) is 50.0 Å². The Labute approximate surface area is 211 Å². The van der Waals surface area contributed by atoms with E-state index in [1.54, 1.807) is 65.5 Å². The minimum absolute atomic E-state index is 0. The Morgan fingerprint density at radius 3 is 1.69 bits per heavy atom. The van der Waals surface area contributed by atoms with Gasteiger partial charge in [0.1, 0.15) is 23.6 Å². The number of amides is 2. The first kappa shape index (κ1) is 30.5. The Balaban J connectivity index is 0.000000299. The van der Waals surface area contributed by atoms with Crippen molar-refractivity contribution in [3.63, 3.8) is 0 Å². The molecule has 0 aromatic carbocycles. The van der Waals surface area contributed by atoms with Gasteiger partial charge in [-0.2, -0.15) is 0 Å². The Morgan fingerprint density at radius 2 is 1.39 bits per heavy atom. The molecule has 0 radical (unpaired) electrons. The van der Waals surface area contributed by atoms with Crippen LogP contribution < -0.4 is 10.6 Å². The molecule has 0 unspecified atom stereocenters. The van der Waals surface area contributed by atoms with Crippen LogP contribution in [0.3, 0.4) is 0 Å². The molecule has 2 fully saturated rings. The van der Waals surface area contributed by atoms with Gasteiger partial charge in [-0.25, -0.2) is 0 Å². The van der Waals surface area contributed by atoms with Gasteiger partial charge in [0.05, 0.1) is 25.4 Å². The highest BCUT2D eigenvalue weighted by molar-refractivity contribution is 5.90. The van der Waals surface area contributed by atoms with Gasteiger partial charge in [-0.15, -0.1) is 0 Å². The molecule has 2 saturated heterocycles. The van der Waals surface area contributed by atoms with Gasteiger partial charge in [0.2, 0.25) is 6.10 Å². The van der Waals surface area contributed by atoms with E-state index >= 15 is 0 Å². The predicted molar refractivity (Wildman–Crippen MR) is 129 cm³/mol. The second-order valence-corrected chi connectivity index (χ2v) is 8.08. The maximum absolute atomic E-state index is 11.4. The van der Waals surface area contributed by atoms with Crippen molar-refractivity contribution < 1.29 is 42.2 Å². The Bertz CT molecular complexity index is 983. The highest BCUT2D eigenvalue weighted by Gasteiger charge is 2.46. The number of methoxy groups -OCH3 is 2. The molecular weight excluding hydrogens is 472 g/mol. The van der Waals surface area contributed by atoms with Crippen LogP contribution in [0.15, 0.2) is 58.0 Å². The van der Waals surface area contributed by atoms with Crippen LogP contribution in [-0.2, 0) is 33.3 Å². The summed E-state index contributed by atoms with van der Waals surface area (Å²) in [5.74, 6) is 0.347. The minimum atomic E-state index is -0.784. The van der Waals surface area contributed by atoms with Crippen LogP contribution in [0.5, 0.6) is 0 Å². The van der Waals surface area contributed by atoms with Crippen LogP contribution in [0, 0.1) is 0 Å². The fourth-order valence-corrected chi connectivity index (χ4v) is 2.89. The molecule has 4 heterocycles. The van der Waals surface area contributed by atoms with Gasteiger partial charge in [0.15, 0.2) is 11.9 Å². The van der Waals surface area contributed by atoms with Gasteiger partial charge in [-0.05, 0) is 45.0 Å². The van der Waals surface area contributed by atoms with Crippen LogP contribution in [0.2, 0.25) is 0 Å². The summed E-state index contributed by atoms with van der Waals surface area (Å²) in [6.45, 7) is 10.0. The van der Waals surface area contributed by atoms with E-state index in [0.29, 0.717) is 11.5 Å². The summed E-state index contributed by atoms with van der Waals surface area (Å²) in [5.41, 5.74) is 0. The zero-order chi connectivity index (χ0) is 26.2. The van der Waals surface area contributed by atoms with Crippen LogP contribution >= 0.6 is 0 Å². The van der Waals surface area contributed by atoms with E-state index in [2.05, 4.69) is 21.9 Å². The van der Waals surface area contributed by atoms with Crippen molar-refractivity contribution >= 4 is 17.8 Å². The first-order valence-electron chi connectivity index (χ1n) is 10.8. The van der Waals surface area contributed by atoms with E-state index in [1.807, 2.05) is 0 Å². The summed E-state index contributed by atoms with van der Waals surface area (Å²) in [6, 6.07) is 6.45. The molecule has 2 aromatic heterocycles. The van der Waals surface area contributed by atoms with E-state index in [4.69, 9.17) is 23.0 Å². The average Bonchev–Trinajstić information content (AvgIpc) is 3.53. The van der Waals surface area contributed by atoms with Crippen molar-refractivity contribution in [2.75, 3.05) is 14.2 Å². The minimum Gasteiger partial charge on any atom is -0.502 e. The van der Waals surface area contributed by atoms with Crippen LogP contribution in [0.1, 0.15) is 58.7 Å². The van der Waals surface area contributed by atoms with Crippen molar-refractivity contribution in [1.82, 2.24) is 10.6 Å². The third kappa shape index (κ3) is 8.28. The van der Waals surface area contributed by atoms with Crippen LogP contribution in [0.25, 0.3) is 0 Å². The van der Waals surface area contributed by atoms with E-state index < -0.39 is 24.0 Å². The molecule has 11 heteroatoms. The second kappa shape index (κ2) is 13.5. The summed E-state index contributed by atoms with van der Waals surface area (Å²) in [7, 11) is 3.14. The molecule has 0 aliphatic carbocycles. The van der Waals surface area contributed by atoms with E-state index in [1.165, 1.54) is 13.2 Å². The van der Waals surface area contributed by atoms with Crippen LogP contribution in [0.4, 0.5) is 0 Å². The van der Waals surface area contributed by atoms with Crippen molar-refractivity contribution in [2.45, 2.75) is 65.2 Å². The summed E-state index contributed by atoms with van der Waals surface area (Å²) in [5, 5.41) is 5.32. The van der Waals surface area contributed by atoms with E-state index in [9.17, 15) is 14.4 Å². The number of allylic oxidation sites excluding steroid dienone is 1. The second-order valence-electron chi connectivity index (χ2n) is 8.08. The molecule has 0 bridgehead atoms. The zero-order valence-electron chi connectivity index (χ0n) is 20.7. The summed E-state index contributed by atoms with van der Waals surface area (Å²) in [4.78, 5) is 33.1. The molecule has 36 heavy (non-hydrogen) atoms. The number of hydrogen-bond donors (Lipinski definition) is 2. The molecule has 4 atom stereocenters. The lowest BCUT2D eigenvalue weighted by molar-refractivity contribution is -0.239. The molecule has 2 amide bonds. The number of carbonyl (C=O) groups is 3. The molecule has 0 spiro atoms. The van der Waals surface area contributed by atoms with Crippen molar-refractivity contribution in [3.05, 3.63) is 60.7 Å². The van der Waals surface area contributed by atoms with Gasteiger partial charge in [0, 0.05) is 14.0 Å². The number of rotatable bonds is 7. The number of furan rings is 2. The molecule has 11 nitrogen and oxygen atoms in total. The lowest BCUT2D eigenvalue weighted by Crippen LogP contribution is -2.59. The van der Waals surface area contributed by atoms with Gasteiger partial charge >= 0.3 is 5.97 Å². The summed E-state index contributed by atoms with van der Waals surface area (Å²) in [6.07, 6.45) is 1.77. The first-order valence-corrected chi connectivity index (χ1v) is 10.8. The SMILES string of the molecule is C.C=C(C)OC.CC(=O)O[C@H]1C(=O)N[C@H]1c1ccco1.COC(C)(C)O[C@H]1C(=O)N[C@H]1c1ccco1. The lowest BCUT2D eigenvalue weighted by Gasteiger charge is -2.39. The van der Waals surface area contributed by atoms with Gasteiger partial charge in [-0.3, -0.25) is 14.4 Å². The first-order chi connectivity index (χ1) is 16.5. The van der Waals surface area contributed by atoms with Crippen molar-refractivity contribution in [2.24, 2.45) is 0 Å². The van der Waals surface area contributed by atoms with Crippen molar-refractivity contribution in [3.8, 4) is 0 Å². The standard InChI is InChI=1S/C11H15NO4.C9H9NO4.C4H8O.CH4/c1-11(2,14-3)16-9-8(12-10(9)13)7-5-4-6-15-7;1-5(11)14-8-7(10-9(8)12)6-3-2-4-13-6;1-4(2)5-3;/h4-6,8-9H,1-3H3,(H,12,13);2-4,7-8H,1H3,(H,10,12);1H2,2-3H3;1H4/t8-,9+;7-,8+;;/m00../s1. The zero-order valence-corrected chi connectivity index (χ0v) is 20.7. The number of carbonyl (C=O) groups excluding carboxylic acids is 3. The smallest absolute Gasteiger partial charge is 0.303 e. The van der Waals surface area contributed by atoms with E-state index in [0.717, 1.165) is 5.76 Å². The highest BCUT2D eigenvalue weighted by atomic mass is 16.7. The third-order valence-electron chi connectivity index (χ3n) is 4.96. The molecule has 2 aliphatic rings. The quantitative estimate of drug-likeness (QED) is 0.249. The molecule has 2 aromatic rings. The van der Waals surface area contributed by atoms with Gasteiger partial charge in [-0.1, -0.05) is 14.0 Å². The van der Waals surface area contributed by atoms with E-state index in [-0.39, 0.29) is 31.3 Å². The molecule has 2 aliphatic heterocycles. The van der Waals surface area contributed by atoms with Crippen molar-refractivity contribution in [1.29, 1.82) is 0 Å². The highest BCUT2D eigenvalue weighted by Crippen LogP contribution is 2.31. The molecule has 2 N–H and O–H groups in total. The normalized spacial score (nSPS) is 21.8. The van der Waals surface area contributed by atoms with Gasteiger partial charge < -0.3 is 38.4 Å². The largest absolute Gasteiger partial charge is 0.502 e. The maximum atomic E-state index is 11.4. The Morgan fingerprint density at radius 1 is 0.944 bits per heavy atom. The fraction of sp³-hybridized carbons (Fsp3) is 0.480. The third-order valence-corrected chi connectivity index (χ3v) is 4.96. The number of β-lactam (4-membered cyclic amide) rings is 2. The Kier molecular flexibility index (Phi) is 11.4. The molecular formula is C25H36N2O9. The number of hydrogen-bond acceptors (Lipinski definition) is 9. The molecule has 4 rings (SSSR count). The number of nitrogens with one attached hydrogen (secondary N) is 2. The topological polar surface area (TPSA) is 138 Å². The number of ether oxygens (including phenoxy) is 4. The van der Waals surface area contributed by atoms with Gasteiger partial charge in [0.25, 0.3) is 11.8 Å².